The number of sulfonamides is 1. The molecule has 1 saturated carbocycles. The van der Waals surface area contributed by atoms with Crippen LogP contribution < -0.4 is 4.72 Å². The van der Waals surface area contributed by atoms with Gasteiger partial charge in [-0.25, -0.2) is 8.42 Å². The van der Waals surface area contributed by atoms with Gasteiger partial charge in [-0.15, -0.1) is 0 Å². The molecule has 94 valence electrons. The van der Waals surface area contributed by atoms with E-state index >= 15 is 0 Å². The zero-order chi connectivity index (χ0) is 12.4. The lowest BCUT2D eigenvalue weighted by Gasteiger charge is -2.32. The molecule has 0 aromatic heterocycles. The zero-order valence-corrected chi connectivity index (χ0v) is 9.20. The molecule has 4 nitrogen and oxygen atoms in total. The molecule has 0 aromatic carbocycles. The molecule has 0 aliphatic heterocycles. The third-order valence-electron chi connectivity index (χ3n) is 2.61. The first-order valence-electron chi connectivity index (χ1n) is 4.79. The zero-order valence-electron chi connectivity index (χ0n) is 8.38. The second-order valence-corrected chi connectivity index (χ2v) is 5.56. The van der Waals surface area contributed by atoms with Gasteiger partial charge in [0.25, 0.3) is 0 Å². The molecule has 0 unspecified atom stereocenters. The van der Waals surface area contributed by atoms with Crippen LogP contribution in [-0.2, 0) is 14.8 Å². The molecule has 0 saturated heterocycles. The first-order chi connectivity index (χ1) is 7.22. The number of alkyl halides is 3. The van der Waals surface area contributed by atoms with Crippen LogP contribution in [0.1, 0.15) is 32.1 Å². The lowest BCUT2D eigenvalue weighted by Crippen LogP contribution is -2.54. The summed E-state index contributed by atoms with van der Waals surface area (Å²) in [5.74, 6) is 0. The highest BCUT2D eigenvalue weighted by molar-refractivity contribution is 7.90. The summed E-state index contributed by atoms with van der Waals surface area (Å²) < 4.78 is 59.6. The van der Waals surface area contributed by atoms with Gasteiger partial charge < -0.3 is 4.79 Å². The van der Waals surface area contributed by atoms with Crippen molar-refractivity contribution in [2.75, 3.05) is 0 Å². The Balaban J connectivity index is 2.89. The lowest BCUT2D eigenvalue weighted by molar-refractivity contribution is -0.114. The van der Waals surface area contributed by atoms with Crippen LogP contribution >= 0.6 is 0 Å². The van der Waals surface area contributed by atoms with E-state index in [0.29, 0.717) is 12.8 Å². The topological polar surface area (TPSA) is 63.2 Å². The summed E-state index contributed by atoms with van der Waals surface area (Å²) in [6.07, 6.45) is 2.38. The van der Waals surface area contributed by atoms with Crippen molar-refractivity contribution < 1.29 is 26.4 Å². The van der Waals surface area contributed by atoms with Crippen LogP contribution in [0.25, 0.3) is 0 Å². The first-order valence-corrected chi connectivity index (χ1v) is 6.27. The molecule has 0 heterocycles. The van der Waals surface area contributed by atoms with Gasteiger partial charge in [0.1, 0.15) is 6.29 Å². The molecule has 0 amide bonds. The fourth-order valence-corrected chi connectivity index (χ4v) is 2.66. The summed E-state index contributed by atoms with van der Waals surface area (Å²) in [5, 5.41) is 0. The van der Waals surface area contributed by atoms with Crippen molar-refractivity contribution in [1.29, 1.82) is 0 Å². The number of rotatable bonds is 3. The van der Waals surface area contributed by atoms with Crippen LogP contribution in [0.2, 0.25) is 0 Å². The summed E-state index contributed by atoms with van der Waals surface area (Å²) in [6.45, 7) is 0. The monoisotopic (exact) mass is 259 g/mol. The van der Waals surface area contributed by atoms with Crippen molar-refractivity contribution in [2.45, 2.75) is 43.2 Å². The summed E-state index contributed by atoms with van der Waals surface area (Å²) in [4.78, 5) is 10.8. The summed E-state index contributed by atoms with van der Waals surface area (Å²) in [6, 6.07) is 0. The average Bonchev–Trinajstić information content (AvgIpc) is 2.17. The first kappa shape index (κ1) is 13.4. The molecule has 1 N–H and O–H groups in total. The smallest absolute Gasteiger partial charge is 0.301 e. The van der Waals surface area contributed by atoms with E-state index in [1.807, 2.05) is 0 Å². The fourth-order valence-electron chi connectivity index (χ4n) is 1.75. The standard InChI is InChI=1S/C8H12F3NO3S/c9-8(10,11)16(14,15)12-7(6-13)4-2-1-3-5-7/h6,12H,1-5H2. The predicted octanol–water partition coefficient (Wildman–Crippen LogP) is 1.33. The van der Waals surface area contributed by atoms with Gasteiger partial charge >= 0.3 is 15.5 Å². The number of aldehydes is 1. The van der Waals surface area contributed by atoms with Gasteiger partial charge in [-0.3, -0.25) is 0 Å². The minimum absolute atomic E-state index is 0.117. The van der Waals surface area contributed by atoms with Crippen LogP contribution in [0, 0.1) is 0 Å². The normalized spacial score (nSPS) is 21.7. The van der Waals surface area contributed by atoms with Crippen LogP contribution in [-0.4, -0.2) is 25.8 Å². The predicted molar refractivity (Wildman–Crippen MR) is 50.0 cm³/mol. The van der Waals surface area contributed by atoms with Crippen molar-refractivity contribution in [3.63, 3.8) is 0 Å². The van der Waals surface area contributed by atoms with Gasteiger partial charge in [-0.1, -0.05) is 19.3 Å². The molecular formula is C8H12F3NO3S. The van der Waals surface area contributed by atoms with E-state index in [4.69, 9.17) is 0 Å². The van der Waals surface area contributed by atoms with E-state index in [9.17, 15) is 26.4 Å². The Kier molecular flexibility index (Phi) is 3.63. The molecule has 0 radical (unpaired) electrons. The highest BCUT2D eigenvalue weighted by atomic mass is 32.2. The van der Waals surface area contributed by atoms with E-state index in [2.05, 4.69) is 0 Å². The van der Waals surface area contributed by atoms with E-state index in [-0.39, 0.29) is 19.1 Å². The summed E-state index contributed by atoms with van der Waals surface area (Å²) in [5.41, 5.74) is -6.95. The molecule has 1 fully saturated rings. The molecule has 0 atom stereocenters. The van der Waals surface area contributed by atoms with Crippen LogP contribution in [0.15, 0.2) is 0 Å². The summed E-state index contributed by atoms with van der Waals surface area (Å²) in [7, 11) is -5.45. The SMILES string of the molecule is O=CC1(NS(=O)(=O)C(F)(F)F)CCCCC1. The number of halogens is 3. The quantitative estimate of drug-likeness (QED) is 0.778. The molecule has 0 aromatic rings. The summed E-state index contributed by atoms with van der Waals surface area (Å²) >= 11 is 0. The Morgan fingerprint density at radius 3 is 2.00 bits per heavy atom. The minimum Gasteiger partial charge on any atom is -0.301 e. The molecule has 0 bridgehead atoms. The largest absolute Gasteiger partial charge is 0.511 e. The third-order valence-corrected chi connectivity index (χ3v) is 3.90. The van der Waals surface area contributed by atoms with Crippen molar-refractivity contribution in [3.8, 4) is 0 Å². The van der Waals surface area contributed by atoms with E-state index in [1.54, 1.807) is 0 Å². The molecular weight excluding hydrogens is 247 g/mol. The van der Waals surface area contributed by atoms with Gasteiger partial charge in [0.05, 0.1) is 5.54 Å². The fraction of sp³-hybridized carbons (Fsp3) is 0.875. The Hall–Kier alpha value is -0.630. The van der Waals surface area contributed by atoms with Crippen molar-refractivity contribution in [3.05, 3.63) is 0 Å². The second kappa shape index (κ2) is 4.33. The van der Waals surface area contributed by atoms with Crippen LogP contribution in [0.4, 0.5) is 13.2 Å². The lowest BCUT2D eigenvalue weighted by atomic mass is 9.84. The molecule has 1 aliphatic carbocycles. The molecule has 1 rings (SSSR count). The molecule has 16 heavy (non-hydrogen) atoms. The minimum atomic E-state index is -5.45. The van der Waals surface area contributed by atoms with Gasteiger partial charge in [0.2, 0.25) is 0 Å². The maximum atomic E-state index is 12.1. The van der Waals surface area contributed by atoms with Crippen molar-refractivity contribution in [1.82, 2.24) is 4.72 Å². The number of carbonyl (C=O) groups excluding carboxylic acids is 1. The van der Waals surface area contributed by atoms with E-state index in [0.717, 1.165) is 6.42 Å². The molecule has 0 spiro atoms. The van der Waals surface area contributed by atoms with E-state index < -0.39 is 21.1 Å². The highest BCUT2D eigenvalue weighted by Gasteiger charge is 2.50. The Morgan fingerprint density at radius 1 is 1.12 bits per heavy atom. The third kappa shape index (κ3) is 2.73. The van der Waals surface area contributed by atoms with Crippen molar-refractivity contribution in [2.24, 2.45) is 0 Å². The molecule has 8 heteroatoms. The van der Waals surface area contributed by atoms with Gasteiger partial charge in [0.15, 0.2) is 0 Å². The number of nitrogens with one attached hydrogen (secondary N) is 1. The Bertz CT molecular complexity index is 357. The van der Waals surface area contributed by atoms with Gasteiger partial charge in [0, 0.05) is 0 Å². The Labute approximate surface area is 91.3 Å². The molecule has 1 aliphatic rings. The number of hydrogen-bond donors (Lipinski definition) is 1. The number of hydrogen-bond acceptors (Lipinski definition) is 3. The van der Waals surface area contributed by atoms with Crippen molar-refractivity contribution >= 4 is 16.3 Å². The maximum absolute atomic E-state index is 12.1. The van der Waals surface area contributed by atoms with Gasteiger partial charge in [-0.05, 0) is 12.8 Å². The Morgan fingerprint density at radius 2 is 1.62 bits per heavy atom. The average molecular weight is 259 g/mol. The second-order valence-electron chi connectivity index (χ2n) is 3.89. The van der Waals surface area contributed by atoms with Crippen LogP contribution in [0.3, 0.4) is 0 Å². The highest BCUT2D eigenvalue weighted by Crippen LogP contribution is 2.30. The van der Waals surface area contributed by atoms with Gasteiger partial charge in [-0.2, -0.15) is 17.9 Å². The number of carbonyl (C=O) groups is 1. The maximum Gasteiger partial charge on any atom is 0.511 e. The van der Waals surface area contributed by atoms with Crippen LogP contribution in [0.5, 0.6) is 0 Å². The van der Waals surface area contributed by atoms with E-state index in [1.165, 1.54) is 4.72 Å².